The van der Waals surface area contributed by atoms with Crippen LogP contribution < -0.4 is 17.6 Å². The first kappa shape index (κ1) is 16.2. The monoisotopic (exact) mass is 175 g/mol. The quantitative estimate of drug-likeness (QED) is 0.237. The Morgan fingerprint density at radius 1 is 1.20 bits per heavy atom. The van der Waals surface area contributed by atoms with Gasteiger partial charge in [-0.1, -0.05) is 0 Å². The Morgan fingerprint density at radius 2 is 1.20 bits per heavy atom. The summed E-state index contributed by atoms with van der Waals surface area (Å²) in [6, 6.07) is -0.833. The number of phosphoric acid groups is 1. The molecule has 8 nitrogen and oxygen atoms in total. The summed E-state index contributed by atoms with van der Waals surface area (Å²) >= 11 is 0. The van der Waals surface area contributed by atoms with Crippen LogP contribution in [0.1, 0.15) is 0 Å². The number of carbonyl (C=O) groups excluding carboxylic acids is 1. The van der Waals surface area contributed by atoms with Gasteiger partial charge in [0.15, 0.2) is 0 Å². The number of rotatable bonds is 0. The minimum absolute atomic E-state index is 0. The van der Waals surface area contributed by atoms with Crippen LogP contribution in [0, 0.1) is 0 Å². The van der Waals surface area contributed by atoms with Crippen LogP contribution in [0.4, 0.5) is 4.79 Å². The van der Waals surface area contributed by atoms with Gasteiger partial charge in [0.1, 0.15) is 0 Å². The molecule has 0 aliphatic heterocycles. The summed E-state index contributed by atoms with van der Waals surface area (Å²) < 4.78 is 8.88. The lowest BCUT2D eigenvalue weighted by Gasteiger charge is -1.82. The molecular weight excluding hydrogens is 165 g/mol. The molecule has 9 heteroatoms. The van der Waals surface area contributed by atoms with E-state index in [0.717, 1.165) is 0 Å². The maximum atomic E-state index is 9.00. The van der Waals surface area contributed by atoms with Crippen LogP contribution in [-0.4, -0.2) is 20.7 Å². The van der Waals surface area contributed by atoms with Gasteiger partial charge >= 0.3 is 13.9 Å². The van der Waals surface area contributed by atoms with Crippen molar-refractivity contribution in [3.05, 3.63) is 0 Å². The highest BCUT2D eigenvalue weighted by molar-refractivity contribution is 7.45. The van der Waals surface area contributed by atoms with Crippen molar-refractivity contribution < 1.29 is 24.0 Å². The van der Waals surface area contributed by atoms with Crippen LogP contribution in [0.5, 0.6) is 0 Å². The zero-order valence-electron chi connectivity index (χ0n) is 4.97. The Labute approximate surface area is 56.7 Å². The van der Waals surface area contributed by atoms with Gasteiger partial charge in [-0.25, -0.2) is 9.36 Å². The van der Waals surface area contributed by atoms with E-state index in [2.05, 4.69) is 11.5 Å². The molecule has 10 heavy (non-hydrogen) atoms. The maximum Gasteiger partial charge on any atom is 0.466 e. The van der Waals surface area contributed by atoms with E-state index in [4.69, 9.17) is 24.0 Å². The molecule has 0 fully saturated rings. The molecule has 0 aliphatic rings. The topological polar surface area (TPSA) is 182 Å². The van der Waals surface area contributed by atoms with Gasteiger partial charge in [0.05, 0.1) is 0 Å². The lowest BCUT2D eigenvalue weighted by Crippen LogP contribution is -2.18. The van der Waals surface area contributed by atoms with Crippen LogP contribution >= 0.6 is 7.82 Å². The maximum absolute atomic E-state index is 9.00. The molecule has 0 aromatic heterocycles. The fraction of sp³-hybridized carbons (Fsp3) is 0. The number of urea groups is 1. The van der Waals surface area contributed by atoms with Crippen LogP contribution in [0.3, 0.4) is 0 Å². The van der Waals surface area contributed by atoms with E-state index in [0.29, 0.717) is 0 Å². The average molecular weight is 175 g/mol. The molecule has 0 aliphatic carbocycles. The Morgan fingerprint density at radius 3 is 1.20 bits per heavy atom. The summed E-state index contributed by atoms with van der Waals surface area (Å²) in [4.78, 5) is 30.6. The Balaban J connectivity index is -0.0000000910. The van der Waals surface area contributed by atoms with Crippen LogP contribution in [0.15, 0.2) is 0 Å². The first-order chi connectivity index (χ1) is 3.73. The van der Waals surface area contributed by atoms with Gasteiger partial charge in [-0.2, -0.15) is 0 Å². The molecule has 0 rings (SSSR count). The second-order valence-corrected chi connectivity index (χ2v) is 1.94. The van der Waals surface area contributed by atoms with Crippen molar-refractivity contribution >= 4 is 13.9 Å². The molecule has 0 heterocycles. The lowest BCUT2D eigenvalue weighted by molar-refractivity contribution is 0.256. The second-order valence-electron chi connectivity index (χ2n) is 0.916. The molecular formula is CH10N3O5P. The lowest BCUT2D eigenvalue weighted by atomic mass is 11.2. The van der Waals surface area contributed by atoms with Gasteiger partial charge in [-0.15, -0.1) is 0 Å². The van der Waals surface area contributed by atoms with Crippen LogP contribution in [0.2, 0.25) is 0 Å². The van der Waals surface area contributed by atoms with E-state index in [-0.39, 0.29) is 6.15 Å². The normalized spacial score (nSPS) is 8.30. The average Bonchev–Trinajstić information content (AvgIpc) is 1.19. The fourth-order valence-corrected chi connectivity index (χ4v) is 0. The van der Waals surface area contributed by atoms with Gasteiger partial charge < -0.3 is 32.3 Å². The van der Waals surface area contributed by atoms with E-state index in [9.17, 15) is 0 Å². The predicted octanol–water partition coefficient (Wildman–Crippen LogP) is -1.74. The van der Waals surface area contributed by atoms with E-state index in [1.165, 1.54) is 0 Å². The van der Waals surface area contributed by atoms with Crippen LogP contribution in [-0.2, 0) is 4.57 Å². The Bertz CT molecular complexity index is 117. The highest BCUT2D eigenvalue weighted by Gasteiger charge is 2.00. The smallest absolute Gasteiger partial charge is 0.352 e. The van der Waals surface area contributed by atoms with Crippen molar-refractivity contribution in [2.75, 3.05) is 0 Å². The van der Waals surface area contributed by atoms with Crippen LogP contribution in [0.25, 0.3) is 0 Å². The summed E-state index contributed by atoms with van der Waals surface area (Å²) in [5.74, 6) is 0. The standard InChI is InChI=1S/CH4N2O.H3N.H3O4P/c2-1(3)4;;1-5(2,3)4/h(H4,2,3,4);1H3;(H3,1,2,3,4). The molecule has 0 radical (unpaired) electrons. The molecule has 64 valence electrons. The third kappa shape index (κ3) is 677. The largest absolute Gasteiger partial charge is 0.466 e. The number of hydrogen-bond acceptors (Lipinski definition) is 3. The molecule has 0 bridgehead atoms. The summed E-state index contributed by atoms with van der Waals surface area (Å²) in [5.41, 5.74) is 8.50. The number of primary amides is 2. The highest BCUT2D eigenvalue weighted by atomic mass is 31.2. The third-order valence-electron chi connectivity index (χ3n) is 0. The van der Waals surface area contributed by atoms with Crippen molar-refractivity contribution in [3.8, 4) is 0 Å². The van der Waals surface area contributed by atoms with Crippen molar-refractivity contribution in [2.24, 2.45) is 11.5 Å². The second kappa shape index (κ2) is 6.46. The minimum Gasteiger partial charge on any atom is -0.352 e. The summed E-state index contributed by atoms with van der Waals surface area (Å²) in [7, 11) is -4.64. The van der Waals surface area contributed by atoms with E-state index in [1.807, 2.05) is 0 Å². The summed E-state index contributed by atoms with van der Waals surface area (Å²) in [6.45, 7) is 0. The van der Waals surface area contributed by atoms with Crippen molar-refractivity contribution in [1.29, 1.82) is 0 Å². The molecule has 0 saturated carbocycles. The molecule has 2 amide bonds. The van der Waals surface area contributed by atoms with Gasteiger partial charge in [0.2, 0.25) is 0 Å². The predicted molar refractivity (Wildman–Crippen MR) is 33.1 cm³/mol. The number of carbonyl (C=O) groups is 1. The number of nitrogens with two attached hydrogens (primary N) is 2. The summed E-state index contributed by atoms with van der Waals surface area (Å²) in [5, 5.41) is 0. The Kier molecular flexibility index (Phi) is 10.4. The van der Waals surface area contributed by atoms with E-state index < -0.39 is 13.9 Å². The zero-order valence-corrected chi connectivity index (χ0v) is 5.86. The molecule has 0 atom stereocenters. The van der Waals surface area contributed by atoms with Gasteiger partial charge in [0.25, 0.3) is 0 Å². The van der Waals surface area contributed by atoms with Crippen molar-refractivity contribution in [2.45, 2.75) is 0 Å². The number of hydrogen-bond donors (Lipinski definition) is 6. The molecule has 0 aromatic rings. The first-order valence-electron chi connectivity index (χ1n) is 1.56. The van der Waals surface area contributed by atoms with E-state index in [1.54, 1.807) is 0 Å². The minimum atomic E-state index is -4.64. The summed E-state index contributed by atoms with van der Waals surface area (Å²) in [6.07, 6.45) is 0. The molecule has 10 N–H and O–H groups in total. The fourth-order valence-electron chi connectivity index (χ4n) is 0. The zero-order chi connectivity index (χ0) is 8.08. The third-order valence-corrected chi connectivity index (χ3v) is 0. The molecule has 0 spiro atoms. The van der Waals surface area contributed by atoms with Gasteiger partial charge in [-0.3, -0.25) is 0 Å². The van der Waals surface area contributed by atoms with Crippen molar-refractivity contribution in [1.82, 2.24) is 6.15 Å². The van der Waals surface area contributed by atoms with Crippen molar-refractivity contribution in [3.63, 3.8) is 0 Å². The Hall–Kier alpha value is -0.660. The molecule has 0 aromatic carbocycles. The van der Waals surface area contributed by atoms with Gasteiger partial charge in [0, 0.05) is 0 Å². The first-order valence-corrected chi connectivity index (χ1v) is 3.13. The molecule has 0 unspecified atom stereocenters. The van der Waals surface area contributed by atoms with Gasteiger partial charge in [-0.05, 0) is 0 Å². The molecule has 0 saturated heterocycles. The highest BCUT2D eigenvalue weighted by Crippen LogP contribution is 2.25. The SMILES string of the molecule is N.NC(N)=O.O=P(O)(O)O. The number of amides is 2. The van der Waals surface area contributed by atoms with E-state index >= 15 is 0 Å².